The first-order chi connectivity index (χ1) is 9.49. The maximum absolute atomic E-state index is 11.3. The van der Waals surface area contributed by atoms with Gasteiger partial charge < -0.3 is 9.47 Å². The standard InChI is InChI=1S/C16H18O4/c1-5-7-13-9-10-15(19-11(3)17)16(20-12(4)18)14(13)8-6-2/h5-6,9-10H,1-2,7-8H2,3-4H3. The molecule has 20 heavy (non-hydrogen) atoms. The molecule has 0 saturated heterocycles. The van der Waals surface area contributed by atoms with Crippen LogP contribution in [0.5, 0.6) is 11.5 Å². The predicted molar refractivity (Wildman–Crippen MR) is 76.9 cm³/mol. The number of esters is 2. The van der Waals surface area contributed by atoms with E-state index in [9.17, 15) is 9.59 Å². The van der Waals surface area contributed by atoms with Crippen LogP contribution in [0, 0.1) is 0 Å². The van der Waals surface area contributed by atoms with Gasteiger partial charge in [-0.1, -0.05) is 18.2 Å². The first-order valence-electron chi connectivity index (χ1n) is 6.23. The Balaban J connectivity index is 3.41. The Morgan fingerprint density at radius 2 is 1.65 bits per heavy atom. The minimum atomic E-state index is -0.473. The van der Waals surface area contributed by atoms with E-state index in [2.05, 4.69) is 13.2 Å². The van der Waals surface area contributed by atoms with E-state index in [0.717, 1.165) is 11.1 Å². The Labute approximate surface area is 118 Å². The zero-order valence-electron chi connectivity index (χ0n) is 11.8. The Kier molecular flexibility index (Phi) is 5.72. The van der Waals surface area contributed by atoms with Crippen molar-refractivity contribution in [3.8, 4) is 11.5 Å². The number of rotatable bonds is 6. The van der Waals surface area contributed by atoms with E-state index in [4.69, 9.17) is 9.47 Å². The molecule has 1 rings (SSSR count). The number of hydrogen-bond acceptors (Lipinski definition) is 4. The topological polar surface area (TPSA) is 52.6 Å². The summed E-state index contributed by atoms with van der Waals surface area (Å²) in [5, 5.41) is 0. The summed E-state index contributed by atoms with van der Waals surface area (Å²) in [6.07, 6.45) is 4.58. The van der Waals surface area contributed by atoms with E-state index in [-0.39, 0.29) is 11.5 Å². The number of ether oxygens (including phenoxy) is 2. The molecule has 0 radical (unpaired) electrons. The zero-order chi connectivity index (χ0) is 15.1. The Hall–Kier alpha value is -2.36. The van der Waals surface area contributed by atoms with E-state index in [0.29, 0.717) is 12.8 Å². The number of benzene rings is 1. The van der Waals surface area contributed by atoms with Gasteiger partial charge in [-0.2, -0.15) is 0 Å². The average molecular weight is 274 g/mol. The van der Waals surface area contributed by atoms with Gasteiger partial charge in [0.1, 0.15) is 0 Å². The van der Waals surface area contributed by atoms with Gasteiger partial charge in [-0.3, -0.25) is 9.59 Å². The predicted octanol–water partition coefficient (Wildman–Crippen LogP) is 2.99. The van der Waals surface area contributed by atoms with Gasteiger partial charge in [0.05, 0.1) is 0 Å². The molecule has 0 heterocycles. The zero-order valence-corrected chi connectivity index (χ0v) is 11.8. The summed E-state index contributed by atoms with van der Waals surface area (Å²) in [7, 11) is 0. The molecule has 106 valence electrons. The maximum Gasteiger partial charge on any atom is 0.308 e. The van der Waals surface area contributed by atoms with Gasteiger partial charge in [0, 0.05) is 19.4 Å². The number of hydrogen-bond donors (Lipinski definition) is 0. The van der Waals surface area contributed by atoms with Gasteiger partial charge in [-0.15, -0.1) is 13.2 Å². The SMILES string of the molecule is C=CCc1ccc(OC(C)=O)c(OC(C)=O)c1CC=C. The second kappa shape index (κ2) is 7.28. The monoisotopic (exact) mass is 274 g/mol. The highest BCUT2D eigenvalue weighted by atomic mass is 16.6. The summed E-state index contributed by atoms with van der Waals surface area (Å²) in [5.74, 6) is -0.441. The molecule has 1 aromatic carbocycles. The van der Waals surface area contributed by atoms with Gasteiger partial charge in [-0.25, -0.2) is 0 Å². The summed E-state index contributed by atoms with van der Waals surface area (Å²) in [4.78, 5) is 22.4. The van der Waals surface area contributed by atoms with Crippen molar-refractivity contribution < 1.29 is 19.1 Å². The molecule has 4 heteroatoms. The highest BCUT2D eigenvalue weighted by Gasteiger charge is 2.17. The van der Waals surface area contributed by atoms with Crippen LogP contribution in [0.2, 0.25) is 0 Å². The molecule has 0 aliphatic rings. The molecule has 0 atom stereocenters. The summed E-state index contributed by atoms with van der Waals surface area (Å²) in [6.45, 7) is 9.99. The molecule has 0 aromatic heterocycles. The van der Waals surface area contributed by atoms with Crippen LogP contribution in [0.25, 0.3) is 0 Å². The smallest absolute Gasteiger partial charge is 0.308 e. The molecular weight excluding hydrogens is 256 g/mol. The van der Waals surface area contributed by atoms with Crippen LogP contribution in [-0.2, 0) is 22.4 Å². The van der Waals surface area contributed by atoms with Gasteiger partial charge in [-0.05, 0) is 24.5 Å². The molecule has 0 N–H and O–H groups in total. The van der Waals surface area contributed by atoms with Crippen LogP contribution >= 0.6 is 0 Å². The van der Waals surface area contributed by atoms with Crippen LogP contribution in [-0.4, -0.2) is 11.9 Å². The lowest BCUT2D eigenvalue weighted by molar-refractivity contribution is -0.134. The largest absolute Gasteiger partial charge is 0.423 e. The van der Waals surface area contributed by atoms with Crippen LogP contribution in [0.15, 0.2) is 37.4 Å². The summed E-state index contributed by atoms with van der Waals surface area (Å²) in [5.41, 5.74) is 1.72. The van der Waals surface area contributed by atoms with Crippen molar-refractivity contribution in [3.05, 3.63) is 48.6 Å². The molecule has 0 unspecified atom stereocenters. The van der Waals surface area contributed by atoms with Crippen molar-refractivity contribution in [2.45, 2.75) is 26.7 Å². The fourth-order valence-electron chi connectivity index (χ4n) is 1.85. The third-order valence-electron chi connectivity index (χ3n) is 2.53. The van der Waals surface area contributed by atoms with Gasteiger partial charge in [0.15, 0.2) is 11.5 Å². The van der Waals surface area contributed by atoms with Crippen LogP contribution in [0.3, 0.4) is 0 Å². The molecule has 4 nitrogen and oxygen atoms in total. The van der Waals surface area contributed by atoms with Crippen molar-refractivity contribution >= 4 is 11.9 Å². The second-order valence-corrected chi connectivity index (χ2v) is 4.20. The minimum Gasteiger partial charge on any atom is -0.423 e. The second-order valence-electron chi connectivity index (χ2n) is 4.20. The Bertz CT molecular complexity index is 544. The van der Waals surface area contributed by atoms with Crippen molar-refractivity contribution in [2.24, 2.45) is 0 Å². The lowest BCUT2D eigenvalue weighted by atomic mass is 10.00. The minimum absolute atomic E-state index is 0.234. The molecule has 0 spiro atoms. The van der Waals surface area contributed by atoms with E-state index < -0.39 is 11.9 Å². The summed E-state index contributed by atoms with van der Waals surface area (Å²) in [6, 6.07) is 3.44. The molecule has 0 fully saturated rings. The summed E-state index contributed by atoms with van der Waals surface area (Å²) >= 11 is 0. The third-order valence-corrected chi connectivity index (χ3v) is 2.53. The average Bonchev–Trinajstić information content (AvgIpc) is 2.35. The fraction of sp³-hybridized carbons (Fsp3) is 0.250. The van der Waals surface area contributed by atoms with Crippen molar-refractivity contribution in [1.82, 2.24) is 0 Å². The first-order valence-corrected chi connectivity index (χ1v) is 6.23. The number of carbonyl (C=O) groups is 2. The van der Waals surface area contributed by atoms with Gasteiger partial charge in [0.2, 0.25) is 0 Å². The van der Waals surface area contributed by atoms with Crippen LogP contribution in [0.4, 0.5) is 0 Å². The molecule has 0 aliphatic carbocycles. The molecule has 0 aliphatic heterocycles. The van der Waals surface area contributed by atoms with Gasteiger partial charge in [0.25, 0.3) is 0 Å². The Morgan fingerprint density at radius 1 is 1.05 bits per heavy atom. The Morgan fingerprint density at radius 3 is 2.15 bits per heavy atom. The number of carbonyl (C=O) groups excluding carboxylic acids is 2. The normalized spacial score (nSPS) is 9.70. The van der Waals surface area contributed by atoms with Crippen molar-refractivity contribution in [1.29, 1.82) is 0 Å². The quantitative estimate of drug-likeness (QED) is 0.454. The molecule has 0 saturated carbocycles. The van der Waals surface area contributed by atoms with Crippen molar-refractivity contribution in [3.63, 3.8) is 0 Å². The summed E-state index contributed by atoms with van der Waals surface area (Å²) < 4.78 is 10.3. The number of allylic oxidation sites excluding steroid dienone is 2. The van der Waals surface area contributed by atoms with Gasteiger partial charge >= 0.3 is 11.9 Å². The molecule has 0 bridgehead atoms. The highest BCUT2D eigenvalue weighted by molar-refractivity contribution is 5.75. The highest BCUT2D eigenvalue weighted by Crippen LogP contribution is 2.35. The first kappa shape index (κ1) is 15.7. The van der Waals surface area contributed by atoms with E-state index in [1.807, 2.05) is 6.07 Å². The fourth-order valence-corrected chi connectivity index (χ4v) is 1.85. The third kappa shape index (κ3) is 4.09. The maximum atomic E-state index is 11.3. The lowest BCUT2D eigenvalue weighted by Gasteiger charge is -2.15. The van der Waals surface area contributed by atoms with E-state index >= 15 is 0 Å². The van der Waals surface area contributed by atoms with Crippen LogP contribution < -0.4 is 9.47 Å². The molecule has 1 aromatic rings. The van der Waals surface area contributed by atoms with E-state index in [1.165, 1.54) is 13.8 Å². The van der Waals surface area contributed by atoms with E-state index in [1.54, 1.807) is 18.2 Å². The lowest BCUT2D eigenvalue weighted by Crippen LogP contribution is -2.10. The van der Waals surface area contributed by atoms with Crippen molar-refractivity contribution in [2.75, 3.05) is 0 Å². The molecular formula is C16H18O4. The molecule has 0 amide bonds. The van der Waals surface area contributed by atoms with Crippen LogP contribution in [0.1, 0.15) is 25.0 Å².